The number of aromatic nitrogens is 1. The van der Waals surface area contributed by atoms with Gasteiger partial charge in [0.05, 0.1) is 16.3 Å². The molecule has 1 aromatic heterocycles. The molecular weight excluding hydrogens is 320 g/mol. The maximum atomic E-state index is 12.4. The number of halogens is 7. The summed E-state index contributed by atoms with van der Waals surface area (Å²) in [5.41, 5.74) is -2.46. The van der Waals surface area contributed by atoms with Crippen LogP contribution in [0.15, 0.2) is 6.07 Å². The van der Waals surface area contributed by atoms with Gasteiger partial charge in [0.1, 0.15) is 5.69 Å². The molecule has 0 saturated carbocycles. The normalized spacial score (nSPS) is 12.2. The second kappa shape index (κ2) is 4.83. The van der Waals surface area contributed by atoms with Crippen LogP contribution in [0.3, 0.4) is 0 Å². The second-order valence-corrected chi connectivity index (χ2v) is 3.75. The van der Waals surface area contributed by atoms with Gasteiger partial charge in [-0.1, -0.05) is 27.5 Å². The zero-order valence-electron chi connectivity index (χ0n) is 7.45. The molecule has 0 spiro atoms. The third-order valence-electron chi connectivity index (χ3n) is 1.72. The number of hydrogen-bond acceptors (Lipinski definition) is 1. The zero-order chi connectivity index (χ0) is 12.5. The van der Waals surface area contributed by atoms with E-state index in [0.29, 0.717) is 6.07 Å². The van der Waals surface area contributed by atoms with Crippen molar-refractivity contribution in [2.75, 3.05) is 0 Å². The molecule has 0 atom stereocenters. The molecule has 8 heteroatoms. The maximum absolute atomic E-state index is 12.4. The Morgan fingerprint density at radius 1 is 1.38 bits per heavy atom. The van der Waals surface area contributed by atoms with Crippen molar-refractivity contribution >= 4 is 27.5 Å². The van der Waals surface area contributed by atoms with Crippen molar-refractivity contribution in [2.45, 2.75) is 17.9 Å². The van der Waals surface area contributed by atoms with Gasteiger partial charge in [-0.15, -0.1) is 0 Å². The first-order valence-electron chi connectivity index (χ1n) is 3.88. The molecule has 0 aromatic carbocycles. The molecular formula is C8H4BrClF5N. The predicted molar refractivity (Wildman–Crippen MR) is 51.8 cm³/mol. The lowest BCUT2D eigenvalue weighted by Gasteiger charge is -2.13. The summed E-state index contributed by atoms with van der Waals surface area (Å²) in [6, 6.07) is 0.465. The van der Waals surface area contributed by atoms with Crippen LogP contribution >= 0.6 is 27.5 Å². The Labute approximate surface area is 101 Å². The number of pyridine rings is 1. The van der Waals surface area contributed by atoms with Gasteiger partial charge in [-0.2, -0.15) is 13.2 Å². The molecule has 0 fully saturated rings. The lowest BCUT2D eigenvalue weighted by Crippen LogP contribution is -2.11. The van der Waals surface area contributed by atoms with E-state index in [1.807, 2.05) is 0 Å². The minimum absolute atomic E-state index is 0.279. The van der Waals surface area contributed by atoms with Crippen LogP contribution in [0.1, 0.15) is 23.4 Å². The van der Waals surface area contributed by atoms with E-state index in [4.69, 9.17) is 11.6 Å². The summed E-state index contributed by atoms with van der Waals surface area (Å²) in [5.74, 6) is 0. The topological polar surface area (TPSA) is 12.9 Å². The largest absolute Gasteiger partial charge is 0.418 e. The minimum atomic E-state index is -4.67. The van der Waals surface area contributed by atoms with E-state index in [1.165, 1.54) is 0 Å². The summed E-state index contributed by atoms with van der Waals surface area (Å²) in [4.78, 5) is 3.21. The molecule has 0 bridgehead atoms. The molecule has 1 heterocycles. The van der Waals surface area contributed by atoms with E-state index in [2.05, 4.69) is 20.9 Å². The average Bonchev–Trinajstić information content (AvgIpc) is 2.15. The second-order valence-electron chi connectivity index (χ2n) is 2.78. The molecule has 0 aliphatic carbocycles. The van der Waals surface area contributed by atoms with Crippen LogP contribution in [0.5, 0.6) is 0 Å². The Morgan fingerprint density at radius 3 is 2.31 bits per heavy atom. The number of alkyl halides is 6. The van der Waals surface area contributed by atoms with Gasteiger partial charge in [0.25, 0.3) is 6.43 Å². The number of hydrogen-bond donors (Lipinski definition) is 0. The summed E-state index contributed by atoms with van der Waals surface area (Å²) < 4.78 is 62.0. The van der Waals surface area contributed by atoms with Crippen LogP contribution in [0.25, 0.3) is 0 Å². The van der Waals surface area contributed by atoms with Crippen molar-refractivity contribution in [1.29, 1.82) is 0 Å². The summed E-state index contributed by atoms with van der Waals surface area (Å²) in [6.45, 7) is 0. The summed E-state index contributed by atoms with van der Waals surface area (Å²) in [6.07, 6.45) is -7.67. The van der Waals surface area contributed by atoms with Crippen molar-refractivity contribution in [3.8, 4) is 0 Å². The molecule has 0 unspecified atom stereocenters. The molecule has 0 saturated heterocycles. The van der Waals surface area contributed by atoms with Crippen LogP contribution in [0.4, 0.5) is 22.0 Å². The van der Waals surface area contributed by atoms with E-state index in [9.17, 15) is 22.0 Å². The highest BCUT2D eigenvalue weighted by Crippen LogP contribution is 2.36. The highest BCUT2D eigenvalue weighted by Gasteiger charge is 2.35. The minimum Gasteiger partial charge on any atom is -0.249 e. The monoisotopic (exact) mass is 323 g/mol. The Bertz CT molecular complexity index is 393. The third-order valence-corrected chi connectivity index (χ3v) is 2.55. The molecule has 16 heavy (non-hydrogen) atoms. The summed E-state index contributed by atoms with van der Waals surface area (Å²) in [5, 5.41) is -0.967. The van der Waals surface area contributed by atoms with Crippen LogP contribution in [0.2, 0.25) is 5.02 Å². The highest BCUT2D eigenvalue weighted by molar-refractivity contribution is 9.08. The number of rotatable bonds is 2. The van der Waals surface area contributed by atoms with E-state index in [1.54, 1.807) is 0 Å². The van der Waals surface area contributed by atoms with E-state index < -0.39 is 34.6 Å². The Balaban J connectivity index is 3.38. The van der Waals surface area contributed by atoms with Gasteiger partial charge < -0.3 is 0 Å². The fraction of sp³-hybridized carbons (Fsp3) is 0.375. The Morgan fingerprint density at radius 2 is 1.94 bits per heavy atom. The fourth-order valence-corrected chi connectivity index (χ4v) is 1.70. The molecule has 0 N–H and O–H groups in total. The fourth-order valence-electron chi connectivity index (χ4n) is 1.04. The standard InChI is InChI=1S/C8H4BrClF5N/c9-2-5-3(8(13,14)15)1-4(10)6(16-5)7(11)12/h1,7H,2H2. The van der Waals surface area contributed by atoms with Crippen molar-refractivity contribution in [2.24, 2.45) is 0 Å². The van der Waals surface area contributed by atoms with Gasteiger partial charge >= 0.3 is 6.18 Å². The van der Waals surface area contributed by atoms with Crippen molar-refractivity contribution in [3.05, 3.63) is 28.0 Å². The molecule has 0 aliphatic rings. The zero-order valence-corrected chi connectivity index (χ0v) is 9.80. The first-order chi connectivity index (χ1) is 7.27. The van der Waals surface area contributed by atoms with Crippen LogP contribution in [0, 0.1) is 0 Å². The van der Waals surface area contributed by atoms with Crippen molar-refractivity contribution in [3.63, 3.8) is 0 Å². The Kier molecular flexibility index (Phi) is 4.12. The quantitative estimate of drug-likeness (QED) is 0.573. The van der Waals surface area contributed by atoms with Crippen LogP contribution < -0.4 is 0 Å². The first-order valence-corrected chi connectivity index (χ1v) is 5.38. The van der Waals surface area contributed by atoms with Crippen LogP contribution in [-0.4, -0.2) is 4.98 Å². The van der Waals surface area contributed by atoms with Gasteiger partial charge in [0, 0.05) is 5.33 Å². The maximum Gasteiger partial charge on any atom is 0.418 e. The third kappa shape index (κ3) is 2.82. The predicted octanol–water partition coefficient (Wildman–Crippen LogP) is 4.59. The van der Waals surface area contributed by atoms with Crippen LogP contribution in [-0.2, 0) is 11.5 Å². The molecule has 1 nitrogen and oxygen atoms in total. The smallest absolute Gasteiger partial charge is 0.249 e. The molecule has 1 rings (SSSR count). The first kappa shape index (κ1) is 13.6. The SMILES string of the molecule is FC(F)c1nc(CBr)c(C(F)(F)F)cc1Cl. The van der Waals surface area contributed by atoms with E-state index in [0.717, 1.165) is 0 Å². The van der Waals surface area contributed by atoms with E-state index >= 15 is 0 Å². The number of nitrogens with zero attached hydrogens (tertiary/aromatic N) is 1. The molecule has 1 aromatic rings. The van der Waals surface area contributed by atoms with Gasteiger partial charge in [-0.25, -0.2) is 13.8 Å². The van der Waals surface area contributed by atoms with Gasteiger partial charge in [-0.3, -0.25) is 0 Å². The molecule has 0 amide bonds. The molecule has 90 valence electrons. The van der Waals surface area contributed by atoms with Crippen molar-refractivity contribution < 1.29 is 22.0 Å². The van der Waals surface area contributed by atoms with Gasteiger partial charge in [0.15, 0.2) is 0 Å². The van der Waals surface area contributed by atoms with Crippen molar-refractivity contribution in [1.82, 2.24) is 4.98 Å². The van der Waals surface area contributed by atoms with E-state index in [-0.39, 0.29) is 5.33 Å². The molecule has 0 aliphatic heterocycles. The molecule has 0 radical (unpaired) electrons. The van der Waals surface area contributed by atoms with Gasteiger partial charge in [0.2, 0.25) is 0 Å². The lowest BCUT2D eigenvalue weighted by atomic mass is 10.2. The lowest BCUT2D eigenvalue weighted by molar-refractivity contribution is -0.138. The highest BCUT2D eigenvalue weighted by atomic mass is 79.9. The van der Waals surface area contributed by atoms with Gasteiger partial charge in [-0.05, 0) is 6.07 Å². The summed E-state index contributed by atoms with van der Waals surface area (Å²) >= 11 is 8.06. The Hall–Kier alpha value is -0.430. The summed E-state index contributed by atoms with van der Waals surface area (Å²) in [7, 11) is 0. The average molecular weight is 324 g/mol.